The van der Waals surface area contributed by atoms with Crippen molar-refractivity contribution in [3.05, 3.63) is 0 Å². The Kier molecular flexibility index (Phi) is 8.42. The second-order valence-corrected chi connectivity index (χ2v) is 9.25. The fraction of sp³-hybridized carbons (Fsp3) is 1.00. The Balaban J connectivity index is 0.000000471. The molecule has 0 saturated carbocycles. The maximum atomic E-state index is 6.16. The number of rotatable bonds is 7. The Labute approximate surface area is 131 Å². The molecule has 0 amide bonds. The molecule has 2 aliphatic rings. The summed E-state index contributed by atoms with van der Waals surface area (Å²) in [4.78, 5) is 0. The SMILES string of the molecule is CC1CO1.CCOC1(CC)CCCC[Si]1(OCC)OCC. The topological polar surface area (TPSA) is 40.2 Å². The van der Waals surface area contributed by atoms with Crippen molar-refractivity contribution in [2.24, 2.45) is 0 Å². The average Bonchev–Trinajstić information content (AvgIpc) is 3.25. The fourth-order valence-corrected chi connectivity index (χ4v) is 7.67. The molecular formula is C16H34O4Si. The zero-order valence-corrected chi connectivity index (χ0v) is 15.6. The Morgan fingerprint density at radius 1 is 1.05 bits per heavy atom. The van der Waals surface area contributed by atoms with Crippen molar-refractivity contribution in [2.45, 2.75) is 77.7 Å². The molecule has 0 aliphatic carbocycles. The van der Waals surface area contributed by atoms with E-state index in [4.69, 9.17) is 18.3 Å². The first-order chi connectivity index (χ1) is 10.1. The summed E-state index contributed by atoms with van der Waals surface area (Å²) in [6.07, 6.45) is 5.15. The fourth-order valence-electron chi connectivity index (χ4n) is 3.20. The summed E-state index contributed by atoms with van der Waals surface area (Å²) in [6.45, 7) is 13.7. The van der Waals surface area contributed by atoms with E-state index in [1.165, 1.54) is 12.8 Å². The summed E-state index contributed by atoms with van der Waals surface area (Å²) in [7, 11) is -2.21. The molecular weight excluding hydrogens is 284 g/mol. The number of epoxide rings is 1. The third-order valence-electron chi connectivity index (χ3n) is 4.28. The van der Waals surface area contributed by atoms with Gasteiger partial charge in [0.05, 0.1) is 12.7 Å². The van der Waals surface area contributed by atoms with E-state index < -0.39 is 8.56 Å². The van der Waals surface area contributed by atoms with Gasteiger partial charge in [-0.05, 0) is 46.6 Å². The molecule has 2 rings (SSSR count). The maximum absolute atomic E-state index is 6.16. The van der Waals surface area contributed by atoms with Crippen LogP contribution in [-0.4, -0.2) is 46.3 Å². The molecule has 2 atom stereocenters. The van der Waals surface area contributed by atoms with Crippen LogP contribution in [-0.2, 0) is 18.3 Å². The van der Waals surface area contributed by atoms with Crippen LogP contribution in [0.25, 0.3) is 0 Å². The van der Waals surface area contributed by atoms with Crippen molar-refractivity contribution in [3.8, 4) is 0 Å². The van der Waals surface area contributed by atoms with Crippen molar-refractivity contribution >= 4 is 8.56 Å². The third kappa shape index (κ3) is 5.03. The van der Waals surface area contributed by atoms with Gasteiger partial charge in [-0.25, -0.2) is 0 Å². The van der Waals surface area contributed by atoms with Crippen LogP contribution < -0.4 is 0 Å². The minimum atomic E-state index is -2.21. The van der Waals surface area contributed by atoms with Gasteiger partial charge in [0.2, 0.25) is 0 Å². The highest BCUT2D eigenvalue weighted by Crippen LogP contribution is 2.42. The zero-order valence-electron chi connectivity index (χ0n) is 14.6. The second-order valence-electron chi connectivity index (χ2n) is 5.75. The van der Waals surface area contributed by atoms with Crippen LogP contribution in [0.5, 0.6) is 0 Å². The number of hydrogen-bond donors (Lipinski definition) is 0. The first-order valence-corrected chi connectivity index (χ1v) is 10.7. The molecule has 126 valence electrons. The first-order valence-electron chi connectivity index (χ1n) is 8.63. The molecule has 2 aliphatic heterocycles. The van der Waals surface area contributed by atoms with Gasteiger partial charge in [-0.15, -0.1) is 0 Å². The van der Waals surface area contributed by atoms with Gasteiger partial charge in [0.1, 0.15) is 5.22 Å². The molecule has 0 spiro atoms. The van der Waals surface area contributed by atoms with E-state index in [0.717, 1.165) is 45.3 Å². The van der Waals surface area contributed by atoms with Gasteiger partial charge in [0.25, 0.3) is 0 Å². The Morgan fingerprint density at radius 2 is 1.62 bits per heavy atom. The number of ether oxygens (including phenoxy) is 2. The molecule has 21 heavy (non-hydrogen) atoms. The van der Waals surface area contributed by atoms with Gasteiger partial charge >= 0.3 is 8.56 Å². The van der Waals surface area contributed by atoms with Gasteiger partial charge in [-0.1, -0.05) is 19.8 Å². The van der Waals surface area contributed by atoms with Gasteiger partial charge < -0.3 is 18.3 Å². The van der Waals surface area contributed by atoms with E-state index in [1.54, 1.807) is 0 Å². The summed E-state index contributed by atoms with van der Waals surface area (Å²) in [6, 6.07) is 1.09. The molecule has 2 fully saturated rings. The summed E-state index contributed by atoms with van der Waals surface area (Å²) < 4.78 is 23.2. The van der Waals surface area contributed by atoms with Crippen molar-refractivity contribution < 1.29 is 18.3 Å². The molecule has 0 aromatic rings. The molecule has 0 bridgehead atoms. The van der Waals surface area contributed by atoms with Crippen LogP contribution in [0, 0.1) is 0 Å². The average molecular weight is 319 g/mol. The van der Waals surface area contributed by atoms with Crippen LogP contribution in [0.3, 0.4) is 0 Å². The molecule has 2 saturated heterocycles. The highest BCUT2D eigenvalue weighted by molar-refractivity contribution is 6.70. The monoisotopic (exact) mass is 318 g/mol. The van der Waals surface area contributed by atoms with Crippen LogP contribution in [0.15, 0.2) is 0 Å². The van der Waals surface area contributed by atoms with Gasteiger partial charge in [-0.2, -0.15) is 0 Å². The zero-order chi connectivity index (χ0) is 15.8. The normalized spacial score (nSPS) is 30.4. The van der Waals surface area contributed by atoms with Crippen LogP contribution in [0.1, 0.15) is 60.3 Å². The Bertz CT molecular complexity index is 268. The largest absolute Gasteiger partial charge is 0.393 e. The Morgan fingerprint density at radius 3 is 2.00 bits per heavy atom. The summed E-state index contributed by atoms with van der Waals surface area (Å²) in [5.41, 5.74) is 0. The molecule has 0 N–H and O–H groups in total. The molecule has 0 aromatic carbocycles. The molecule has 4 nitrogen and oxygen atoms in total. The summed E-state index contributed by atoms with van der Waals surface area (Å²) in [5, 5.41) is -0.119. The highest BCUT2D eigenvalue weighted by Gasteiger charge is 2.58. The second kappa shape index (κ2) is 9.25. The molecule has 2 heterocycles. The maximum Gasteiger partial charge on any atom is 0.371 e. The predicted octanol–water partition coefficient (Wildman–Crippen LogP) is 3.82. The van der Waals surface area contributed by atoms with Crippen LogP contribution in [0.4, 0.5) is 0 Å². The van der Waals surface area contributed by atoms with Crippen molar-refractivity contribution in [2.75, 3.05) is 26.4 Å². The van der Waals surface area contributed by atoms with E-state index >= 15 is 0 Å². The Hall–Kier alpha value is 0.0569. The molecule has 0 aromatic heterocycles. The highest BCUT2D eigenvalue weighted by atomic mass is 28.4. The number of hydrogen-bond acceptors (Lipinski definition) is 4. The van der Waals surface area contributed by atoms with Gasteiger partial charge in [0, 0.05) is 19.8 Å². The molecule has 5 heteroatoms. The van der Waals surface area contributed by atoms with Crippen molar-refractivity contribution in [1.29, 1.82) is 0 Å². The molecule has 0 radical (unpaired) electrons. The smallest absolute Gasteiger partial charge is 0.371 e. The summed E-state index contributed by atoms with van der Waals surface area (Å²) >= 11 is 0. The standard InChI is InChI=1S/C13H28O3Si.C3H6O/c1-5-13(14-6-2)11-9-10-12-17(13,15-7-3)16-8-4;1-3-2-4-3/h5-12H2,1-4H3;3H,2H2,1H3. The quantitative estimate of drug-likeness (QED) is 0.528. The lowest BCUT2D eigenvalue weighted by Crippen LogP contribution is -2.65. The van der Waals surface area contributed by atoms with E-state index in [0.29, 0.717) is 6.10 Å². The van der Waals surface area contributed by atoms with Crippen molar-refractivity contribution in [3.63, 3.8) is 0 Å². The van der Waals surface area contributed by atoms with Crippen LogP contribution >= 0.6 is 0 Å². The van der Waals surface area contributed by atoms with E-state index in [-0.39, 0.29) is 5.22 Å². The first kappa shape index (κ1) is 19.1. The predicted molar refractivity (Wildman–Crippen MR) is 87.7 cm³/mol. The van der Waals surface area contributed by atoms with Gasteiger partial charge in [0.15, 0.2) is 0 Å². The van der Waals surface area contributed by atoms with Gasteiger partial charge in [-0.3, -0.25) is 0 Å². The van der Waals surface area contributed by atoms with E-state index in [9.17, 15) is 0 Å². The van der Waals surface area contributed by atoms with Crippen molar-refractivity contribution in [1.82, 2.24) is 0 Å². The third-order valence-corrected chi connectivity index (χ3v) is 8.94. The lowest BCUT2D eigenvalue weighted by Gasteiger charge is -2.49. The van der Waals surface area contributed by atoms with Crippen LogP contribution in [0.2, 0.25) is 6.04 Å². The lowest BCUT2D eigenvalue weighted by molar-refractivity contribution is -0.0426. The minimum absolute atomic E-state index is 0.119. The summed E-state index contributed by atoms with van der Waals surface area (Å²) in [5.74, 6) is 0. The molecule has 2 unspecified atom stereocenters. The lowest BCUT2D eigenvalue weighted by atomic mass is 10.1. The van der Waals surface area contributed by atoms with E-state index in [2.05, 4.69) is 34.6 Å². The van der Waals surface area contributed by atoms with E-state index in [1.807, 2.05) is 0 Å². The minimum Gasteiger partial charge on any atom is -0.393 e.